The predicted molar refractivity (Wildman–Crippen MR) is 60.4 cm³/mol. The number of nitrogens with two attached hydrogens (primary N) is 1. The van der Waals surface area contributed by atoms with Crippen LogP contribution in [-0.4, -0.2) is 16.2 Å². The first-order valence-corrected chi connectivity index (χ1v) is 5.68. The van der Waals surface area contributed by atoms with Gasteiger partial charge >= 0.3 is 0 Å². The topological polar surface area (TPSA) is 63.8 Å². The third kappa shape index (κ3) is 2.92. The van der Waals surface area contributed by atoms with E-state index in [-0.39, 0.29) is 6.04 Å². The molecule has 0 aromatic carbocycles. The van der Waals surface area contributed by atoms with Crippen LogP contribution in [0, 0.1) is 5.92 Å². The molecule has 0 spiro atoms. The minimum atomic E-state index is -0.00443. The van der Waals surface area contributed by atoms with Crippen molar-refractivity contribution in [2.24, 2.45) is 11.7 Å². The second-order valence-corrected chi connectivity index (χ2v) is 5.02. The maximum absolute atomic E-state index is 5.96. The normalized spacial score (nSPS) is 13.6. The summed E-state index contributed by atoms with van der Waals surface area (Å²) in [5, 5.41) is 13.1. The first kappa shape index (κ1) is 11.4. The van der Waals surface area contributed by atoms with Gasteiger partial charge in [0.15, 0.2) is 0 Å². The molecule has 80 valence electrons. The molecule has 0 unspecified atom stereocenters. The highest BCUT2D eigenvalue weighted by molar-refractivity contribution is 7.15. The minimum absolute atomic E-state index is 0.00443. The van der Waals surface area contributed by atoms with Gasteiger partial charge in [-0.15, -0.1) is 10.2 Å². The number of hydrogen-bond acceptors (Lipinski definition) is 5. The highest BCUT2D eigenvalue weighted by atomic mass is 32.1. The number of rotatable bonds is 4. The van der Waals surface area contributed by atoms with Crippen LogP contribution in [0.1, 0.15) is 38.7 Å². The average Bonchev–Trinajstić information content (AvgIpc) is 2.50. The van der Waals surface area contributed by atoms with E-state index in [1.807, 2.05) is 0 Å². The van der Waals surface area contributed by atoms with Gasteiger partial charge in [0, 0.05) is 6.04 Å². The minimum Gasteiger partial charge on any atom is -0.358 e. The predicted octanol–water partition coefficient (Wildman–Crippen LogP) is 2.01. The molecule has 14 heavy (non-hydrogen) atoms. The van der Waals surface area contributed by atoms with E-state index in [4.69, 9.17) is 5.73 Å². The van der Waals surface area contributed by atoms with E-state index in [9.17, 15) is 0 Å². The van der Waals surface area contributed by atoms with Gasteiger partial charge < -0.3 is 11.1 Å². The van der Waals surface area contributed by atoms with Gasteiger partial charge in [-0.3, -0.25) is 0 Å². The van der Waals surface area contributed by atoms with Crippen LogP contribution >= 0.6 is 11.3 Å². The summed E-state index contributed by atoms with van der Waals surface area (Å²) in [5.74, 6) is 0.398. The van der Waals surface area contributed by atoms with E-state index in [1.54, 1.807) is 0 Å². The van der Waals surface area contributed by atoms with Crippen LogP contribution in [0.5, 0.6) is 0 Å². The third-order valence-corrected chi connectivity index (χ3v) is 2.81. The van der Waals surface area contributed by atoms with E-state index in [1.165, 1.54) is 11.3 Å². The van der Waals surface area contributed by atoms with E-state index < -0.39 is 0 Å². The van der Waals surface area contributed by atoms with Gasteiger partial charge in [-0.25, -0.2) is 0 Å². The lowest BCUT2D eigenvalue weighted by molar-refractivity contribution is 0.509. The molecular weight excluding hydrogens is 196 g/mol. The highest BCUT2D eigenvalue weighted by Crippen LogP contribution is 2.25. The Bertz CT molecular complexity index is 282. The lowest BCUT2D eigenvalue weighted by atomic mass is 10.1. The molecule has 1 aromatic rings. The summed E-state index contributed by atoms with van der Waals surface area (Å²) >= 11 is 1.54. The smallest absolute Gasteiger partial charge is 0.205 e. The summed E-state index contributed by atoms with van der Waals surface area (Å²) in [5.41, 5.74) is 5.96. The largest absolute Gasteiger partial charge is 0.358 e. The van der Waals surface area contributed by atoms with Gasteiger partial charge in [0.1, 0.15) is 5.01 Å². The average molecular weight is 214 g/mol. The zero-order valence-electron chi connectivity index (χ0n) is 9.11. The van der Waals surface area contributed by atoms with Gasteiger partial charge in [-0.1, -0.05) is 25.2 Å². The molecule has 0 radical (unpaired) electrons. The lowest BCUT2D eigenvalue weighted by Gasteiger charge is -2.10. The van der Waals surface area contributed by atoms with Crippen molar-refractivity contribution in [3.05, 3.63) is 5.01 Å². The fraction of sp³-hybridized carbons (Fsp3) is 0.778. The van der Waals surface area contributed by atoms with Gasteiger partial charge in [0.2, 0.25) is 5.13 Å². The van der Waals surface area contributed by atoms with Gasteiger partial charge in [0.05, 0.1) is 6.04 Å². The summed E-state index contributed by atoms with van der Waals surface area (Å²) in [4.78, 5) is 0. The number of anilines is 1. The van der Waals surface area contributed by atoms with Crippen molar-refractivity contribution in [2.45, 2.75) is 39.8 Å². The molecule has 0 saturated heterocycles. The highest BCUT2D eigenvalue weighted by Gasteiger charge is 2.15. The van der Waals surface area contributed by atoms with Crippen LogP contribution < -0.4 is 11.1 Å². The molecule has 4 nitrogen and oxygen atoms in total. The number of aromatic nitrogens is 2. The van der Waals surface area contributed by atoms with Crippen molar-refractivity contribution in [3.8, 4) is 0 Å². The molecule has 0 aliphatic heterocycles. The Labute approximate surface area is 88.9 Å². The standard InChI is InChI=1S/C9H18N4S/c1-5(2)7(10)8-12-13-9(14-8)11-6(3)4/h5-7H,10H2,1-4H3,(H,11,13)/t7-/m0/s1. The summed E-state index contributed by atoms with van der Waals surface area (Å²) in [6.45, 7) is 8.32. The molecule has 0 aliphatic carbocycles. The molecule has 1 aromatic heterocycles. The van der Waals surface area contributed by atoms with E-state index in [0.717, 1.165) is 10.1 Å². The van der Waals surface area contributed by atoms with Crippen molar-refractivity contribution in [2.75, 3.05) is 5.32 Å². The van der Waals surface area contributed by atoms with Crippen LogP contribution in [0.2, 0.25) is 0 Å². The lowest BCUT2D eigenvalue weighted by Crippen LogP contribution is -2.16. The Hall–Kier alpha value is -0.680. The Morgan fingerprint density at radius 2 is 1.86 bits per heavy atom. The first-order valence-electron chi connectivity index (χ1n) is 4.86. The van der Waals surface area contributed by atoms with Crippen LogP contribution in [0.15, 0.2) is 0 Å². The zero-order valence-corrected chi connectivity index (χ0v) is 9.93. The Morgan fingerprint density at radius 3 is 2.36 bits per heavy atom. The van der Waals surface area contributed by atoms with Gasteiger partial charge in [0.25, 0.3) is 0 Å². The fourth-order valence-corrected chi connectivity index (χ4v) is 2.02. The van der Waals surface area contributed by atoms with Gasteiger partial charge in [-0.2, -0.15) is 0 Å². The maximum atomic E-state index is 5.96. The monoisotopic (exact) mass is 214 g/mol. The number of nitrogens with one attached hydrogen (secondary N) is 1. The summed E-state index contributed by atoms with van der Waals surface area (Å²) in [6.07, 6.45) is 0. The Kier molecular flexibility index (Phi) is 3.83. The number of nitrogens with zero attached hydrogens (tertiary/aromatic N) is 2. The Balaban J connectivity index is 2.67. The zero-order chi connectivity index (χ0) is 10.7. The summed E-state index contributed by atoms with van der Waals surface area (Å²) < 4.78 is 0. The van der Waals surface area contributed by atoms with Crippen LogP contribution in [0.3, 0.4) is 0 Å². The third-order valence-electron chi connectivity index (χ3n) is 1.86. The molecule has 0 amide bonds. The second kappa shape index (κ2) is 4.70. The van der Waals surface area contributed by atoms with Crippen LogP contribution in [0.25, 0.3) is 0 Å². The first-order chi connectivity index (χ1) is 6.50. The SMILES string of the molecule is CC(C)Nc1nnc([C@@H](N)C(C)C)s1. The number of hydrogen-bond donors (Lipinski definition) is 2. The molecule has 0 bridgehead atoms. The van der Waals surface area contributed by atoms with Crippen molar-refractivity contribution < 1.29 is 0 Å². The van der Waals surface area contributed by atoms with E-state index >= 15 is 0 Å². The maximum Gasteiger partial charge on any atom is 0.205 e. The second-order valence-electron chi connectivity index (χ2n) is 4.01. The van der Waals surface area contributed by atoms with Crippen molar-refractivity contribution >= 4 is 16.5 Å². The fourth-order valence-electron chi connectivity index (χ4n) is 0.960. The van der Waals surface area contributed by atoms with Crippen molar-refractivity contribution in [1.82, 2.24) is 10.2 Å². The summed E-state index contributed by atoms with van der Waals surface area (Å²) in [6, 6.07) is 0.376. The quantitative estimate of drug-likeness (QED) is 0.804. The van der Waals surface area contributed by atoms with Crippen molar-refractivity contribution in [3.63, 3.8) is 0 Å². The molecule has 3 N–H and O–H groups in total. The molecular formula is C9H18N4S. The molecule has 1 heterocycles. The molecule has 1 atom stereocenters. The van der Waals surface area contributed by atoms with Gasteiger partial charge in [-0.05, 0) is 19.8 Å². The Morgan fingerprint density at radius 1 is 1.21 bits per heavy atom. The molecule has 0 fully saturated rings. The van der Waals surface area contributed by atoms with E-state index in [0.29, 0.717) is 12.0 Å². The molecule has 0 aliphatic rings. The molecule has 1 rings (SSSR count). The molecule has 5 heteroatoms. The van der Waals surface area contributed by atoms with Crippen LogP contribution in [0.4, 0.5) is 5.13 Å². The van der Waals surface area contributed by atoms with Crippen LogP contribution in [-0.2, 0) is 0 Å². The summed E-state index contributed by atoms with van der Waals surface area (Å²) in [7, 11) is 0. The molecule has 0 saturated carbocycles. The van der Waals surface area contributed by atoms with E-state index in [2.05, 4.69) is 43.2 Å². The van der Waals surface area contributed by atoms with Crippen molar-refractivity contribution in [1.29, 1.82) is 0 Å².